The van der Waals surface area contributed by atoms with Crippen molar-refractivity contribution in [2.24, 2.45) is 0 Å². The molecule has 0 spiro atoms. The van der Waals surface area contributed by atoms with Gasteiger partial charge in [-0.05, 0) is 75.1 Å². The van der Waals surface area contributed by atoms with Crippen LogP contribution in [0.25, 0.3) is 0 Å². The molecule has 0 bridgehead atoms. The summed E-state index contributed by atoms with van der Waals surface area (Å²) >= 11 is 0. The van der Waals surface area contributed by atoms with Crippen LogP contribution in [0.3, 0.4) is 0 Å². The number of methoxy groups -OCH3 is 1. The van der Waals surface area contributed by atoms with Crippen molar-refractivity contribution in [3.63, 3.8) is 0 Å². The van der Waals surface area contributed by atoms with Gasteiger partial charge in [0, 0.05) is 12.6 Å². The molecule has 1 N–H and O–H groups in total. The fourth-order valence-electron chi connectivity index (χ4n) is 5.33. The summed E-state index contributed by atoms with van der Waals surface area (Å²) in [5.74, 6) is -0.0574. The predicted molar refractivity (Wildman–Crippen MR) is 165 cm³/mol. The van der Waals surface area contributed by atoms with Gasteiger partial charge >= 0.3 is 0 Å². The van der Waals surface area contributed by atoms with Crippen molar-refractivity contribution in [2.75, 3.05) is 18.0 Å². The number of ether oxygens (including phenoxy) is 1. The van der Waals surface area contributed by atoms with Crippen molar-refractivity contribution >= 4 is 27.5 Å². The predicted octanol–water partition coefficient (Wildman–Crippen LogP) is 5.37. The van der Waals surface area contributed by atoms with E-state index in [9.17, 15) is 18.0 Å². The van der Waals surface area contributed by atoms with Crippen LogP contribution in [0.5, 0.6) is 5.75 Å². The van der Waals surface area contributed by atoms with Crippen molar-refractivity contribution < 1.29 is 22.7 Å². The average Bonchev–Trinajstić information content (AvgIpc) is 3.49. The number of hydrogen-bond donors (Lipinski definition) is 1. The highest BCUT2D eigenvalue weighted by Gasteiger charge is 2.34. The van der Waals surface area contributed by atoms with Crippen molar-refractivity contribution in [3.8, 4) is 5.75 Å². The van der Waals surface area contributed by atoms with Gasteiger partial charge in [-0.3, -0.25) is 13.9 Å². The maximum Gasteiger partial charge on any atom is 0.264 e. The van der Waals surface area contributed by atoms with Gasteiger partial charge in [0.25, 0.3) is 10.0 Å². The normalized spacial score (nSPS) is 14.3. The summed E-state index contributed by atoms with van der Waals surface area (Å²) in [7, 11) is -2.53. The maximum absolute atomic E-state index is 14.2. The third-order valence-electron chi connectivity index (χ3n) is 7.78. The van der Waals surface area contributed by atoms with Gasteiger partial charge < -0.3 is 15.0 Å². The highest BCUT2D eigenvalue weighted by Crippen LogP contribution is 2.26. The summed E-state index contributed by atoms with van der Waals surface area (Å²) in [6.45, 7) is 5.33. The number of hydrogen-bond acceptors (Lipinski definition) is 5. The first-order chi connectivity index (χ1) is 20.1. The van der Waals surface area contributed by atoms with E-state index in [-0.39, 0.29) is 23.4 Å². The summed E-state index contributed by atoms with van der Waals surface area (Å²) < 4.78 is 34.5. The molecular weight excluding hydrogens is 550 g/mol. The summed E-state index contributed by atoms with van der Waals surface area (Å²) in [5, 5.41) is 3.14. The quantitative estimate of drug-likeness (QED) is 0.305. The molecule has 1 fully saturated rings. The first-order valence-electron chi connectivity index (χ1n) is 14.5. The first kappa shape index (κ1) is 31.1. The second-order valence-corrected chi connectivity index (χ2v) is 12.8. The fourth-order valence-corrected chi connectivity index (χ4v) is 6.75. The van der Waals surface area contributed by atoms with Crippen molar-refractivity contribution in [1.82, 2.24) is 10.2 Å². The first-order valence-corrected chi connectivity index (χ1v) is 15.9. The van der Waals surface area contributed by atoms with Crippen LogP contribution in [0.4, 0.5) is 5.69 Å². The van der Waals surface area contributed by atoms with Gasteiger partial charge in [0.05, 0.1) is 17.7 Å². The van der Waals surface area contributed by atoms with Crippen LogP contribution in [-0.2, 0) is 26.2 Å². The third kappa shape index (κ3) is 7.50. The molecule has 3 aromatic carbocycles. The van der Waals surface area contributed by atoms with Crippen LogP contribution in [0, 0.1) is 13.8 Å². The largest absolute Gasteiger partial charge is 0.497 e. The number of amides is 2. The molecular formula is C33H41N3O5S. The standard InChI is InChI=1S/C33H41N3O5S/c1-5-31(33(38)34-27-10-6-7-11-27)35(22-26-9-8-12-29(21-26)41-4)32(37)23-36(28-17-13-24(2)14-18-28)42(39,40)30-19-15-25(3)16-20-30/h8-9,12-21,27,31H,5-7,10-11,22-23H2,1-4H3,(H,34,38)/t31-/m1/s1. The molecule has 4 rings (SSSR count). The van der Waals surface area contributed by atoms with Crippen LogP contribution in [0.2, 0.25) is 0 Å². The summed E-state index contributed by atoms with van der Waals surface area (Å²) in [6, 6.07) is 20.2. The van der Waals surface area contributed by atoms with E-state index in [1.807, 2.05) is 57.2 Å². The molecule has 1 saturated carbocycles. The van der Waals surface area contributed by atoms with Gasteiger partial charge in [-0.25, -0.2) is 8.42 Å². The van der Waals surface area contributed by atoms with E-state index in [4.69, 9.17) is 4.74 Å². The van der Waals surface area contributed by atoms with E-state index in [2.05, 4.69) is 5.32 Å². The van der Waals surface area contributed by atoms with Crippen molar-refractivity contribution in [2.45, 2.75) is 76.4 Å². The zero-order valence-electron chi connectivity index (χ0n) is 24.9. The second-order valence-electron chi connectivity index (χ2n) is 10.9. The van der Waals surface area contributed by atoms with Gasteiger partial charge in [0.15, 0.2) is 0 Å². The molecule has 1 atom stereocenters. The van der Waals surface area contributed by atoms with Crippen molar-refractivity contribution in [3.05, 3.63) is 89.5 Å². The number of carbonyl (C=O) groups excluding carboxylic acids is 2. The summed E-state index contributed by atoms with van der Waals surface area (Å²) in [6.07, 6.45) is 4.35. The van der Waals surface area contributed by atoms with Gasteiger partial charge in [-0.2, -0.15) is 0 Å². The lowest BCUT2D eigenvalue weighted by Gasteiger charge is -2.34. The molecule has 0 saturated heterocycles. The van der Waals surface area contributed by atoms with Crippen LogP contribution in [-0.4, -0.2) is 50.9 Å². The Morgan fingerprint density at radius 3 is 2.17 bits per heavy atom. The SMILES string of the molecule is CC[C@H](C(=O)NC1CCCC1)N(Cc1cccc(OC)c1)C(=O)CN(c1ccc(C)cc1)S(=O)(=O)c1ccc(C)cc1. The summed E-state index contributed by atoms with van der Waals surface area (Å²) in [4.78, 5) is 29.4. The lowest BCUT2D eigenvalue weighted by molar-refractivity contribution is -0.140. The Morgan fingerprint density at radius 2 is 1.57 bits per heavy atom. The number of sulfonamides is 1. The number of anilines is 1. The fraction of sp³-hybridized carbons (Fsp3) is 0.394. The highest BCUT2D eigenvalue weighted by atomic mass is 32.2. The molecule has 224 valence electrons. The molecule has 0 heterocycles. The zero-order chi connectivity index (χ0) is 30.3. The molecule has 9 heteroatoms. The molecule has 1 aliphatic carbocycles. The molecule has 3 aromatic rings. The molecule has 8 nitrogen and oxygen atoms in total. The number of nitrogens with zero attached hydrogens (tertiary/aromatic N) is 2. The monoisotopic (exact) mass is 591 g/mol. The van der Waals surface area contributed by atoms with E-state index in [1.165, 1.54) is 4.90 Å². The van der Waals surface area contributed by atoms with E-state index in [1.54, 1.807) is 43.5 Å². The molecule has 0 radical (unpaired) electrons. The number of benzene rings is 3. The number of aryl methyl sites for hydroxylation is 2. The van der Waals surface area contributed by atoms with Crippen LogP contribution in [0.15, 0.2) is 77.7 Å². The minimum absolute atomic E-state index is 0.0892. The maximum atomic E-state index is 14.2. The average molecular weight is 592 g/mol. The molecule has 42 heavy (non-hydrogen) atoms. The van der Waals surface area contributed by atoms with Gasteiger partial charge in [-0.1, -0.05) is 67.3 Å². The van der Waals surface area contributed by atoms with Gasteiger partial charge in [-0.15, -0.1) is 0 Å². The van der Waals surface area contributed by atoms with Crippen LogP contribution >= 0.6 is 0 Å². The number of carbonyl (C=O) groups is 2. The third-order valence-corrected chi connectivity index (χ3v) is 9.57. The Hall–Kier alpha value is -3.85. The Kier molecular flexibility index (Phi) is 10.3. The minimum atomic E-state index is -4.10. The molecule has 1 aliphatic rings. The minimum Gasteiger partial charge on any atom is -0.497 e. The van der Waals surface area contributed by atoms with Crippen LogP contribution in [0.1, 0.15) is 55.7 Å². The smallest absolute Gasteiger partial charge is 0.264 e. The highest BCUT2D eigenvalue weighted by molar-refractivity contribution is 7.92. The van der Waals surface area contributed by atoms with E-state index in [0.717, 1.165) is 46.7 Å². The Morgan fingerprint density at radius 1 is 0.952 bits per heavy atom. The molecule has 0 aliphatic heterocycles. The number of nitrogens with one attached hydrogen (secondary N) is 1. The number of rotatable bonds is 12. The van der Waals surface area contributed by atoms with Gasteiger partial charge in [0.2, 0.25) is 11.8 Å². The zero-order valence-corrected chi connectivity index (χ0v) is 25.7. The molecule has 0 aromatic heterocycles. The van der Waals surface area contributed by atoms with Gasteiger partial charge in [0.1, 0.15) is 18.3 Å². The van der Waals surface area contributed by atoms with Crippen LogP contribution < -0.4 is 14.4 Å². The summed E-state index contributed by atoms with van der Waals surface area (Å²) in [5.41, 5.74) is 3.04. The van der Waals surface area contributed by atoms with E-state index < -0.39 is 28.5 Å². The Labute approximate surface area is 249 Å². The topological polar surface area (TPSA) is 96.0 Å². The lowest BCUT2D eigenvalue weighted by atomic mass is 10.1. The van der Waals surface area contributed by atoms with E-state index >= 15 is 0 Å². The van der Waals surface area contributed by atoms with Crippen molar-refractivity contribution in [1.29, 1.82) is 0 Å². The van der Waals surface area contributed by atoms with E-state index in [0.29, 0.717) is 17.9 Å². The molecule has 2 amide bonds. The molecule has 0 unspecified atom stereocenters. The Bertz CT molecular complexity index is 1470. The second kappa shape index (κ2) is 13.9. The lowest BCUT2D eigenvalue weighted by Crippen LogP contribution is -2.53. The Balaban J connectivity index is 1.71.